The molecule has 24 heavy (non-hydrogen) atoms. The average molecular weight is 321 g/mol. The van der Waals surface area contributed by atoms with Crippen LogP contribution in [0.1, 0.15) is 21.5 Å². The number of hydrogen-bond donors (Lipinski definition) is 1. The minimum Gasteiger partial charge on any atom is -0.497 e. The molecule has 3 rings (SSSR count). The van der Waals surface area contributed by atoms with Crippen LogP contribution in [0.25, 0.3) is 0 Å². The van der Waals surface area contributed by atoms with Crippen LogP contribution in [0.5, 0.6) is 5.75 Å². The number of benzene rings is 2. The van der Waals surface area contributed by atoms with Crippen LogP contribution in [0, 0.1) is 0 Å². The van der Waals surface area contributed by atoms with E-state index in [0.717, 1.165) is 17.9 Å². The highest BCUT2D eigenvalue weighted by molar-refractivity contribution is 5.94. The van der Waals surface area contributed by atoms with E-state index in [1.807, 2.05) is 29.1 Å². The molecule has 0 bridgehead atoms. The highest BCUT2D eigenvalue weighted by Gasteiger charge is 2.05. The molecule has 0 aliphatic carbocycles. The third-order valence-corrected chi connectivity index (χ3v) is 3.73. The van der Waals surface area contributed by atoms with E-state index in [1.54, 1.807) is 37.6 Å². The van der Waals surface area contributed by atoms with Gasteiger partial charge in [0.1, 0.15) is 5.75 Å². The molecule has 0 spiro atoms. The van der Waals surface area contributed by atoms with E-state index in [1.165, 1.54) is 5.56 Å². The molecule has 1 amide bonds. The van der Waals surface area contributed by atoms with Crippen molar-refractivity contribution < 1.29 is 9.53 Å². The molecule has 0 atom stereocenters. The van der Waals surface area contributed by atoms with Crippen molar-refractivity contribution in [1.82, 2.24) is 15.1 Å². The minimum atomic E-state index is -0.0988. The molecule has 0 unspecified atom stereocenters. The van der Waals surface area contributed by atoms with Crippen LogP contribution >= 0.6 is 0 Å². The quantitative estimate of drug-likeness (QED) is 0.759. The van der Waals surface area contributed by atoms with Gasteiger partial charge in [-0.2, -0.15) is 5.10 Å². The van der Waals surface area contributed by atoms with Crippen molar-refractivity contribution in [3.8, 4) is 5.75 Å². The normalized spacial score (nSPS) is 10.4. The summed E-state index contributed by atoms with van der Waals surface area (Å²) in [6.07, 6.45) is 3.70. The molecule has 122 valence electrons. The zero-order chi connectivity index (χ0) is 16.8. The molecule has 5 nitrogen and oxygen atoms in total. The Labute approximate surface area is 140 Å². The molecule has 5 heteroatoms. The first kappa shape index (κ1) is 15.8. The molecule has 0 saturated carbocycles. The van der Waals surface area contributed by atoms with Gasteiger partial charge in [0.15, 0.2) is 0 Å². The van der Waals surface area contributed by atoms with Crippen LogP contribution in [0.15, 0.2) is 67.0 Å². The second kappa shape index (κ2) is 7.46. The lowest BCUT2D eigenvalue weighted by Gasteiger charge is -2.07. The largest absolute Gasteiger partial charge is 0.497 e. The van der Waals surface area contributed by atoms with E-state index >= 15 is 0 Å². The summed E-state index contributed by atoms with van der Waals surface area (Å²) in [5, 5.41) is 7.11. The Morgan fingerprint density at radius 1 is 1.08 bits per heavy atom. The zero-order valence-electron chi connectivity index (χ0n) is 13.5. The Hall–Kier alpha value is -3.08. The van der Waals surface area contributed by atoms with E-state index in [9.17, 15) is 4.79 Å². The minimum absolute atomic E-state index is 0.0988. The predicted octanol–water partition coefficient (Wildman–Crippen LogP) is 2.87. The van der Waals surface area contributed by atoms with Gasteiger partial charge in [-0.15, -0.1) is 0 Å². The number of amides is 1. The van der Waals surface area contributed by atoms with E-state index in [2.05, 4.69) is 22.5 Å². The summed E-state index contributed by atoms with van der Waals surface area (Å²) < 4.78 is 6.96. The Kier molecular flexibility index (Phi) is 4.91. The van der Waals surface area contributed by atoms with Crippen molar-refractivity contribution in [1.29, 1.82) is 0 Å². The van der Waals surface area contributed by atoms with Gasteiger partial charge in [-0.05, 0) is 41.5 Å². The highest BCUT2D eigenvalue weighted by Crippen LogP contribution is 2.11. The maximum Gasteiger partial charge on any atom is 0.251 e. The second-order valence-corrected chi connectivity index (χ2v) is 5.43. The molecule has 0 fully saturated rings. The van der Waals surface area contributed by atoms with Crippen molar-refractivity contribution >= 4 is 5.91 Å². The highest BCUT2D eigenvalue weighted by atomic mass is 16.5. The van der Waals surface area contributed by atoms with E-state index in [-0.39, 0.29) is 5.91 Å². The number of aromatic nitrogens is 2. The topological polar surface area (TPSA) is 56.1 Å². The predicted molar refractivity (Wildman–Crippen MR) is 91.9 cm³/mol. The average Bonchev–Trinajstić information content (AvgIpc) is 3.14. The lowest BCUT2D eigenvalue weighted by atomic mass is 10.1. The first-order valence-electron chi connectivity index (χ1n) is 7.72. The van der Waals surface area contributed by atoms with Crippen LogP contribution < -0.4 is 10.1 Å². The molecule has 0 radical (unpaired) electrons. The molecule has 2 aromatic carbocycles. The number of carbonyl (C=O) groups excluding carboxylic acids is 1. The fourth-order valence-corrected chi connectivity index (χ4v) is 2.37. The third-order valence-electron chi connectivity index (χ3n) is 3.73. The summed E-state index contributed by atoms with van der Waals surface area (Å²) in [6, 6.07) is 17.1. The molecule has 1 heterocycles. The number of hydrogen-bond acceptors (Lipinski definition) is 3. The molecule has 1 N–H and O–H groups in total. The van der Waals surface area contributed by atoms with Crippen LogP contribution in [-0.4, -0.2) is 22.8 Å². The number of rotatable bonds is 6. The zero-order valence-corrected chi connectivity index (χ0v) is 13.5. The Bertz CT molecular complexity index is 778. The first-order chi connectivity index (χ1) is 11.7. The van der Waals surface area contributed by atoms with Crippen molar-refractivity contribution in [3.05, 3.63) is 83.7 Å². The number of carbonyl (C=O) groups is 1. The number of ether oxygens (including phenoxy) is 1. The van der Waals surface area contributed by atoms with Gasteiger partial charge in [0.05, 0.1) is 13.7 Å². The third kappa shape index (κ3) is 4.01. The standard InChI is InChI=1S/C19H19N3O2/c1-24-18-9-7-17(8-10-18)19(23)20-13-15-3-5-16(6-4-15)14-22-12-2-11-21-22/h2-12H,13-14H2,1H3,(H,20,23). The van der Waals surface area contributed by atoms with Gasteiger partial charge in [-0.1, -0.05) is 24.3 Å². The van der Waals surface area contributed by atoms with Crippen molar-refractivity contribution in [3.63, 3.8) is 0 Å². The Balaban J connectivity index is 1.54. The molecule has 0 aliphatic heterocycles. The van der Waals surface area contributed by atoms with Gasteiger partial charge >= 0.3 is 0 Å². The smallest absolute Gasteiger partial charge is 0.251 e. The maximum absolute atomic E-state index is 12.1. The van der Waals surface area contributed by atoms with Crippen LogP contribution in [0.3, 0.4) is 0 Å². The van der Waals surface area contributed by atoms with E-state index in [0.29, 0.717) is 12.1 Å². The van der Waals surface area contributed by atoms with Gasteiger partial charge in [0, 0.05) is 24.5 Å². The second-order valence-electron chi connectivity index (χ2n) is 5.43. The fourth-order valence-electron chi connectivity index (χ4n) is 2.37. The van der Waals surface area contributed by atoms with Crippen LogP contribution in [-0.2, 0) is 13.1 Å². The van der Waals surface area contributed by atoms with Crippen molar-refractivity contribution in [2.75, 3.05) is 7.11 Å². The van der Waals surface area contributed by atoms with Gasteiger partial charge in [-0.3, -0.25) is 9.48 Å². The maximum atomic E-state index is 12.1. The summed E-state index contributed by atoms with van der Waals surface area (Å²) in [4.78, 5) is 12.1. The summed E-state index contributed by atoms with van der Waals surface area (Å²) in [6.45, 7) is 1.23. The summed E-state index contributed by atoms with van der Waals surface area (Å²) in [5.41, 5.74) is 2.84. The molecular formula is C19H19N3O2. The monoisotopic (exact) mass is 321 g/mol. The van der Waals surface area contributed by atoms with Crippen molar-refractivity contribution in [2.45, 2.75) is 13.1 Å². The fraction of sp³-hybridized carbons (Fsp3) is 0.158. The van der Waals surface area contributed by atoms with Crippen LogP contribution in [0.4, 0.5) is 0 Å². The number of nitrogens with one attached hydrogen (secondary N) is 1. The number of nitrogens with zero attached hydrogens (tertiary/aromatic N) is 2. The van der Waals surface area contributed by atoms with Gasteiger partial charge in [0.25, 0.3) is 5.91 Å². The molecular weight excluding hydrogens is 302 g/mol. The van der Waals surface area contributed by atoms with Gasteiger partial charge in [0.2, 0.25) is 0 Å². The molecule has 0 saturated heterocycles. The van der Waals surface area contributed by atoms with Gasteiger partial charge < -0.3 is 10.1 Å². The summed E-state index contributed by atoms with van der Waals surface area (Å²) in [7, 11) is 1.60. The molecule has 0 aliphatic rings. The van der Waals surface area contributed by atoms with E-state index < -0.39 is 0 Å². The lowest BCUT2D eigenvalue weighted by molar-refractivity contribution is 0.0951. The van der Waals surface area contributed by atoms with Gasteiger partial charge in [-0.25, -0.2) is 0 Å². The summed E-state index contributed by atoms with van der Waals surface area (Å²) >= 11 is 0. The first-order valence-corrected chi connectivity index (χ1v) is 7.72. The Morgan fingerprint density at radius 2 is 1.79 bits per heavy atom. The molecule has 1 aromatic heterocycles. The van der Waals surface area contributed by atoms with E-state index in [4.69, 9.17) is 4.74 Å². The SMILES string of the molecule is COc1ccc(C(=O)NCc2ccc(Cn3cccn3)cc2)cc1. The van der Waals surface area contributed by atoms with Crippen molar-refractivity contribution in [2.24, 2.45) is 0 Å². The Morgan fingerprint density at radius 3 is 2.42 bits per heavy atom. The van der Waals surface area contributed by atoms with Crippen LogP contribution in [0.2, 0.25) is 0 Å². The number of methoxy groups -OCH3 is 1. The summed E-state index contributed by atoms with van der Waals surface area (Å²) in [5.74, 6) is 0.637. The lowest BCUT2D eigenvalue weighted by Crippen LogP contribution is -2.22. The molecule has 3 aromatic rings.